The Labute approximate surface area is 248 Å². The van der Waals surface area contributed by atoms with E-state index in [9.17, 15) is 25.9 Å². The third-order valence-electron chi connectivity index (χ3n) is 6.43. The zero-order valence-corrected chi connectivity index (χ0v) is 25.4. The molecule has 2 heterocycles. The molecule has 3 aromatic rings. The van der Waals surface area contributed by atoms with Gasteiger partial charge in [0.25, 0.3) is 5.82 Å². The van der Waals surface area contributed by atoms with E-state index in [-0.39, 0.29) is 25.9 Å². The number of nitrogens with zero attached hydrogens (tertiary/aromatic N) is 3. The standard InChI is InChI=1S/C26H29Cl2N3O8S2/c1-3-29-20-10-9-18(27)15-21(20)30(11-5-13-40(32,33)34)25(29)7-4-8-26-31(12-6-14-41(35,36)37)22-16-19(28)23(38-2)17-24(22)39-26/h4,7-10,15-17H,3,5-6,11-14H2,1-2H3,(H-,32,33,34,35,36,37)/p-1. The van der Waals surface area contributed by atoms with Crippen LogP contribution in [-0.4, -0.2) is 55.7 Å². The molecule has 0 N–H and O–H groups in total. The van der Waals surface area contributed by atoms with Crippen molar-refractivity contribution in [2.24, 2.45) is 0 Å². The highest BCUT2D eigenvalue weighted by atomic mass is 35.5. The van der Waals surface area contributed by atoms with Gasteiger partial charge in [-0.05, 0) is 50.1 Å². The molecule has 0 saturated heterocycles. The van der Waals surface area contributed by atoms with E-state index in [0.29, 0.717) is 39.7 Å². The third kappa shape index (κ3) is 7.53. The molecule has 2 aromatic carbocycles. The summed E-state index contributed by atoms with van der Waals surface area (Å²) in [5, 5.41) is 0.843. The maximum absolute atomic E-state index is 11.2. The van der Waals surface area contributed by atoms with Crippen molar-refractivity contribution >= 4 is 66.2 Å². The van der Waals surface area contributed by atoms with Crippen molar-refractivity contribution < 1.29 is 40.0 Å². The average Bonchev–Trinajstić information content (AvgIpc) is 3.36. The summed E-state index contributed by atoms with van der Waals surface area (Å²) in [4.78, 5) is 1.72. The van der Waals surface area contributed by atoms with Gasteiger partial charge in [0, 0.05) is 41.3 Å². The molecule has 1 aliphatic rings. The van der Waals surface area contributed by atoms with E-state index in [1.165, 1.54) is 7.11 Å². The van der Waals surface area contributed by atoms with E-state index < -0.39 is 31.7 Å². The Bertz CT molecular complexity index is 1730. The SMILES string of the molecule is CC[n+]1c(C=CC=C2Oc3cc(OC)c(Cl)cc3N2CCCS(=O)(=O)[O-])n(CCCS(=O)(=O)[O-])c2cc(Cl)ccc21. The molecular weight excluding hydrogens is 617 g/mol. The van der Waals surface area contributed by atoms with Crippen LogP contribution >= 0.6 is 23.2 Å². The number of aryl methyl sites for hydroxylation is 2. The highest BCUT2D eigenvalue weighted by Crippen LogP contribution is 2.44. The lowest BCUT2D eigenvalue weighted by Crippen LogP contribution is -2.35. The number of ether oxygens (including phenoxy) is 2. The van der Waals surface area contributed by atoms with E-state index in [1.54, 1.807) is 41.3 Å². The van der Waals surface area contributed by atoms with Crippen molar-refractivity contribution in [2.45, 2.75) is 32.9 Å². The van der Waals surface area contributed by atoms with Gasteiger partial charge in [0.1, 0.15) is 5.75 Å². The molecule has 0 unspecified atom stereocenters. The monoisotopic (exact) mass is 644 g/mol. The van der Waals surface area contributed by atoms with E-state index in [2.05, 4.69) is 0 Å². The van der Waals surface area contributed by atoms with Gasteiger partial charge in [0.05, 0.1) is 51.1 Å². The molecule has 222 valence electrons. The minimum atomic E-state index is -4.40. The summed E-state index contributed by atoms with van der Waals surface area (Å²) in [6.45, 7) is 3.00. The van der Waals surface area contributed by atoms with Gasteiger partial charge in [-0.25, -0.2) is 26.0 Å². The first-order chi connectivity index (χ1) is 19.3. The Kier molecular flexibility index (Phi) is 9.56. The minimum absolute atomic E-state index is 0.0623. The molecule has 0 radical (unpaired) electrons. The van der Waals surface area contributed by atoms with Crippen LogP contribution in [0.3, 0.4) is 0 Å². The summed E-state index contributed by atoms with van der Waals surface area (Å²) in [6.07, 6.45) is 5.41. The predicted molar refractivity (Wildman–Crippen MR) is 154 cm³/mol. The number of hydrogen-bond donors (Lipinski definition) is 0. The molecular formula is C26H28Cl2N3O8S2-. The third-order valence-corrected chi connectivity index (χ3v) is 8.54. The Morgan fingerprint density at radius 2 is 1.71 bits per heavy atom. The summed E-state index contributed by atoms with van der Waals surface area (Å²) in [5.41, 5.74) is 2.24. The second kappa shape index (κ2) is 12.6. The van der Waals surface area contributed by atoms with Gasteiger partial charge in [-0.2, -0.15) is 0 Å². The van der Waals surface area contributed by atoms with E-state index in [4.69, 9.17) is 32.7 Å². The number of benzene rings is 2. The lowest BCUT2D eigenvalue weighted by atomic mass is 10.2. The second-order valence-corrected chi connectivity index (χ2v) is 13.1. The molecule has 11 nitrogen and oxygen atoms in total. The summed E-state index contributed by atoms with van der Waals surface area (Å²) in [5.74, 6) is 0.908. The molecule has 0 bridgehead atoms. The summed E-state index contributed by atoms with van der Waals surface area (Å²) in [6, 6.07) is 8.68. The van der Waals surface area contributed by atoms with Gasteiger partial charge in [0.15, 0.2) is 16.8 Å². The normalized spacial score (nSPS) is 14.8. The molecule has 0 aliphatic carbocycles. The van der Waals surface area contributed by atoms with Crippen molar-refractivity contribution in [3.8, 4) is 11.5 Å². The topological polar surface area (TPSA) is 145 Å². The molecule has 0 amide bonds. The van der Waals surface area contributed by atoms with E-state index in [0.717, 1.165) is 16.9 Å². The van der Waals surface area contributed by atoms with Crippen LogP contribution in [0.5, 0.6) is 11.5 Å². The van der Waals surface area contributed by atoms with Gasteiger partial charge in [-0.1, -0.05) is 23.2 Å². The van der Waals surface area contributed by atoms with Crippen LogP contribution in [0.4, 0.5) is 5.69 Å². The van der Waals surface area contributed by atoms with Crippen molar-refractivity contribution in [3.63, 3.8) is 0 Å². The number of hydrogen-bond acceptors (Lipinski definition) is 9. The van der Waals surface area contributed by atoms with Crippen LogP contribution in [0.15, 0.2) is 48.4 Å². The Balaban J connectivity index is 1.72. The first kappa shape index (κ1) is 31.1. The Morgan fingerprint density at radius 3 is 2.34 bits per heavy atom. The van der Waals surface area contributed by atoms with Gasteiger partial charge >= 0.3 is 0 Å². The predicted octanol–water partition coefficient (Wildman–Crippen LogP) is 3.89. The molecule has 0 atom stereocenters. The maximum atomic E-state index is 11.2. The highest BCUT2D eigenvalue weighted by Gasteiger charge is 2.28. The number of allylic oxidation sites excluding steroid dienone is 2. The molecule has 0 spiro atoms. The zero-order valence-electron chi connectivity index (χ0n) is 22.2. The fraction of sp³-hybridized carbons (Fsp3) is 0.346. The molecule has 1 aromatic heterocycles. The summed E-state index contributed by atoms with van der Waals surface area (Å²) in [7, 11) is -7.30. The molecule has 41 heavy (non-hydrogen) atoms. The summed E-state index contributed by atoms with van der Waals surface area (Å²) >= 11 is 12.6. The summed E-state index contributed by atoms with van der Waals surface area (Å²) < 4.78 is 82.5. The van der Waals surface area contributed by atoms with Crippen LogP contribution < -0.4 is 18.9 Å². The molecule has 15 heteroatoms. The number of fused-ring (bicyclic) bond motifs is 2. The molecule has 1 aliphatic heterocycles. The smallest absolute Gasteiger partial charge is 0.282 e. The maximum Gasteiger partial charge on any atom is 0.282 e. The number of imidazole rings is 1. The minimum Gasteiger partial charge on any atom is -0.748 e. The van der Waals surface area contributed by atoms with Crippen LogP contribution in [0.25, 0.3) is 17.1 Å². The fourth-order valence-corrected chi connectivity index (χ4v) is 6.08. The fourth-order valence-electron chi connectivity index (χ4n) is 4.71. The quantitative estimate of drug-likeness (QED) is 0.212. The van der Waals surface area contributed by atoms with Gasteiger partial charge in [-0.15, -0.1) is 0 Å². The Morgan fingerprint density at radius 1 is 1.02 bits per heavy atom. The molecule has 4 rings (SSSR count). The number of halogens is 2. The number of methoxy groups -OCH3 is 1. The van der Waals surface area contributed by atoms with Crippen molar-refractivity contribution in [2.75, 3.05) is 30.1 Å². The van der Waals surface area contributed by atoms with Gasteiger partial charge in [0.2, 0.25) is 5.88 Å². The number of aromatic nitrogens is 2. The highest BCUT2D eigenvalue weighted by molar-refractivity contribution is 7.85. The number of rotatable bonds is 12. The van der Waals surface area contributed by atoms with Crippen LogP contribution in [0.1, 0.15) is 25.6 Å². The lowest BCUT2D eigenvalue weighted by molar-refractivity contribution is -0.670. The van der Waals surface area contributed by atoms with Gasteiger partial charge < -0.3 is 23.5 Å². The second-order valence-electron chi connectivity index (χ2n) is 9.19. The van der Waals surface area contributed by atoms with E-state index >= 15 is 0 Å². The van der Waals surface area contributed by atoms with Crippen molar-refractivity contribution in [1.82, 2.24) is 4.57 Å². The number of anilines is 1. The van der Waals surface area contributed by atoms with Crippen molar-refractivity contribution in [3.05, 3.63) is 64.2 Å². The van der Waals surface area contributed by atoms with Crippen LogP contribution in [0, 0.1) is 0 Å². The molecule has 0 saturated carbocycles. The zero-order chi connectivity index (χ0) is 29.9. The Hall–Kier alpha value is -2.81. The first-order valence-electron chi connectivity index (χ1n) is 12.6. The lowest BCUT2D eigenvalue weighted by Gasteiger charge is -2.19. The van der Waals surface area contributed by atoms with Crippen LogP contribution in [-0.2, 0) is 33.3 Å². The first-order valence-corrected chi connectivity index (χ1v) is 16.5. The molecule has 0 fully saturated rings. The van der Waals surface area contributed by atoms with E-state index in [1.807, 2.05) is 28.2 Å². The van der Waals surface area contributed by atoms with Crippen molar-refractivity contribution in [1.29, 1.82) is 0 Å². The largest absolute Gasteiger partial charge is 0.748 e. The van der Waals surface area contributed by atoms with Gasteiger partial charge in [-0.3, -0.25) is 0 Å². The average molecular weight is 646 g/mol. The van der Waals surface area contributed by atoms with Crippen LogP contribution in [0.2, 0.25) is 10.0 Å².